The van der Waals surface area contributed by atoms with Crippen molar-refractivity contribution in [3.05, 3.63) is 53.0 Å². The Labute approximate surface area is 121 Å². The predicted octanol–water partition coefficient (Wildman–Crippen LogP) is 3.86. The summed E-state index contributed by atoms with van der Waals surface area (Å²) in [7, 11) is 1.69. The van der Waals surface area contributed by atoms with E-state index in [1.54, 1.807) is 7.11 Å². The Balaban J connectivity index is 2.37. The lowest BCUT2D eigenvalue weighted by Crippen LogP contribution is -2.22. The van der Waals surface area contributed by atoms with Crippen LogP contribution in [0, 0.1) is 6.92 Å². The van der Waals surface area contributed by atoms with Crippen LogP contribution in [0.1, 0.15) is 42.5 Å². The van der Waals surface area contributed by atoms with Gasteiger partial charge in [-0.05, 0) is 48.9 Å². The van der Waals surface area contributed by atoms with Crippen molar-refractivity contribution in [1.82, 2.24) is 5.32 Å². The highest BCUT2D eigenvalue weighted by Gasteiger charge is 2.19. The van der Waals surface area contributed by atoms with Crippen LogP contribution in [0.3, 0.4) is 0 Å². The minimum atomic E-state index is 0.0891. The maximum atomic E-state index is 5.92. The molecule has 108 valence electrons. The van der Waals surface area contributed by atoms with Crippen LogP contribution in [-0.4, -0.2) is 13.7 Å². The second-order valence-corrected chi connectivity index (χ2v) is 4.87. The molecule has 0 bridgehead atoms. The van der Waals surface area contributed by atoms with Gasteiger partial charge in [-0.3, -0.25) is 0 Å². The molecule has 20 heavy (non-hydrogen) atoms. The van der Waals surface area contributed by atoms with Crippen LogP contribution in [0.4, 0.5) is 0 Å². The number of benzene rings is 1. The first-order valence-corrected chi connectivity index (χ1v) is 7.16. The molecule has 0 aliphatic carbocycles. The third-order valence-electron chi connectivity index (χ3n) is 3.51. The van der Waals surface area contributed by atoms with Crippen molar-refractivity contribution in [2.24, 2.45) is 0 Å². The molecular formula is C17H23NO2. The number of hydrogen-bond donors (Lipinski definition) is 1. The van der Waals surface area contributed by atoms with E-state index in [0.29, 0.717) is 0 Å². The summed E-state index contributed by atoms with van der Waals surface area (Å²) in [6.07, 6.45) is 0.917. The van der Waals surface area contributed by atoms with E-state index in [9.17, 15) is 0 Å². The highest BCUT2D eigenvalue weighted by atomic mass is 16.5. The molecule has 1 aromatic heterocycles. The molecule has 0 radical (unpaired) electrons. The molecule has 3 nitrogen and oxygen atoms in total. The van der Waals surface area contributed by atoms with Gasteiger partial charge >= 0.3 is 0 Å². The van der Waals surface area contributed by atoms with E-state index in [1.807, 2.05) is 6.07 Å². The summed E-state index contributed by atoms with van der Waals surface area (Å²) in [6.45, 7) is 7.20. The van der Waals surface area contributed by atoms with Gasteiger partial charge in [0.2, 0.25) is 0 Å². The molecule has 1 atom stereocenters. The Morgan fingerprint density at radius 3 is 2.55 bits per heavy atom. The van der Waals surface area contributed by atoms with Gasteiger partial charge in [0.1, 0.15) is 17.3 Å². The van der Waals surface area contributed by atoms with Crippen molar-refractivity contribution >= 4 is 0 Å². The quantitative estimate of drug-likeness (QED) is 0.868. The van der Waals surface area contributed by atoms with E-state index in [2.05, 4.69) is 50.4 Å². The minimum Gasteiger partial charge on any atom is -0.497 e. The third-order valence-corrected chi connectivity index (χ3v) is 3.51. The molecule has 1 aromatic carbocycles. The van der Waals surface area contributed by atoms with E-state index in [-0.39, 0.29) is 6.04 Å². The van der Waals surface area contributed by atoms with Gasteiger partial charge in [0.05, 0.1) is 13.2 Å². The number of ether oxygens (including phenoxy) is 1. The van der Waals surface area contributed by atoms with Gasteiger partial charge in [0, 0.05) is 6.42 Å². The molecule has 0 spiro atoms. The number of nitrogens with one attached hydrogen (secondary N) is 1. The Hall–Kier alpha value is -1.74. The molecule has 2 rings (SSSR count). The molecule has 1 heterocycles. The standard InChI is InChI=1S/C17H23NO2/c1-5-13-8-10-16(20-13)17(18-6-2)15-9-7-14(19-4)11-12(15)3/h7-11,17-18H,5-6H2,1-4H3. The zero-order valence-electron chi connectivity index (χ0n) is 12.7. The second-order valence-electron chi connectivity index (χ2n) is 4.87. The highest BCUT2D eigenvalue weighted by Crippen LogP contribution is 2.28. The number of furan rings is 1. The lowest BCUT2D eigenvalue weighted by atomic mass is 9.99. The molecule has 0 fully saturated rings. The number of methoxy groups -OCH3 is 1. The van der Waals surface area contributed by atoms with Crippen molar-refractivity contribution in [3.63, 3.8) is 0 Å². The van der Waals surface area contributed by atoms with Crippen molar-refractivity contribution < 1.29 is 9.15 Å². The summed E-state index contributed by atoms with van der Waals surface area (Å²) in [4.78, 5) is 0. The van der Waals surface area contributed by atoms with E-state index < -0.39 is 0 Å². The molecular weight excluding hydrogens is 250 g/mol. The van der Waals surface area contributed by atoms with Crippen molar-refractivity contribution in [3.8, 4) is 5.75 Å². The molecule has 0 amide bonds. The molecule has 3 heteroatoms. The third kappa shape index (κ3) is 3.05. The van der Waals surface area contributed by atoms with Gasteiger partial charge in [-0.15, -0.1) is 0 Å². The second kappa shape index (κ2) is 6.62. The maximum Gasteiger partial charge on any atom is 0.125 e. The van der Waals surface area contributed by atoms with Gasteiger partial charge < -0.3 is 14.5 Å². The largest absolute Gasteiger partial charge is 0.497 e. The summed E-state index contributed by atoms with van der Waals surface area (Å²) in [5, 5.41) is 3.50. The van der Waals surface area contributed by atoms with Crippen molar-refractivity contribution in [2.45, 2.75) is 33.2 Å². The Morgan fingerprint density at radius 2 is 2.00 bits per heavy atom. The highest BCUT2D eigenvalue weighted by molar-refractivity contribution is 5.39. The van der Waals surface area contributed by atoms with Gasteiger partial charge in [-0.25, -0.2) is 0 Å². The summed E-state index contributed by atoms with van der Waals surface area (Å²) >= 11 is 0. The normalized spacial score (nSPS) is 12.4. The van der Waals surface area contributed by atoms with E-state index in [1.165, 1.54) is 11.1 Å². The van der Waals surface area contributed by atoms with E-state index >= 15 is 0 Å². The first kappa shape index (κ1) is 14.7. The van der Waals surface area contributed by atoms with Crippen LogP contribution in [0.25, 0.3) is 0 Å². The number of rotatable bonds is 6. The number of hydrogen-bond acceptors (Lipinski definition) is 3. The first-order chi connectivity index (χ1) is 9.69. The van der Waals surface area contributed by atoms with E-state index in [0.717, 1.165) is 30.2 Å². The van der Waals surface area contributed by atoms with Crippen LogP contribution < -0.4 is 10.1 Å². The minimum absolute atomic E-state index is 0.0891. The molecule has 2 aromatic rings. The molecule has 0 aliphatic heterocycles. The maximum absolute atomic E-state index is 5.92. The van der Waals surface area contributed by atoms with Crippen LogP contribution in [-0.2, 0) is 6.42 Å². The lowest BCUT2D eigenvalue weighted by Gasteiger charge is -2.19. The zero-order chi connectivity index (χ0) is 14.5. The van der Waals surface area contributed by atoms with Crippen molar-refractivity contribution in [2.75, 3.05) is 13.7 Å². The Kier molecular flexibility index (Phi) is 4.85. The first-order valence-electron chi connectivity index (χ1n) is 7.16. The van der Waals surface area contributed by atoms with Crippen LogP contribution >= 0.6 is 0 Å². The van der Waals surface area contributed by atoms with Gasteiger partial charge in [0.25, 0.3) is 0 Å². The number of aryl methyl sites for hydroxylation is 2. The van der Waals surface area contributed by atoms with Crippen LogP contribution in [0.2, 0.25) is 0 Å². The summed E-state index contributed by atoms with van der Waals surface area (Å²) in [5.74, 6) is 2.88. The van der Waals surface area contributed by atoms with Gasteiger partial charge in [0.15, 0.2) is 0 Å². The Bertz CT molecular complexity index is 560. The molecule has 1 unspecified atom stereocenters. The fourth-order valence-electron chi connectivity index (χ4n) is 2.41. The predicted molar refractivity (Wildman–Crippen MR) is 81.3 cm³/mol. The van der Waals surface area contributed by atoms with Crippen LogP contribution in [0.15, 0.2) is 34.7 Å². The zero-order valence-corrected chi connectivity index (χ0v) is 12.7. The van der Waals surface area contributed by atoms with Gasteiger partial charge in [-0.1, -0.05) is 19.9 Å². The van der Waals surface area contributed by atoms with Gasteiger partial charge in [-0.2, -0.15) is 0 Å². The summed E-state index contributed by atoms with van der Waals surface area (Å²) in [6, 6.07) is 10.4. The smallest absolute Gasteiger partial charge is 0.125 e. The van der Waals surface area contributed by atoms with Crippen LogP contribution in [0.5, 0.6) is 5.75 Å². The average Bonchev–Trinajstić information content (AvgIpc) is 2.94. The lowest BCUT2D eigenvalue weighted by molar-refractivity contribution is 0.411. The molecule has 1 N–H and O–H groups in total. The summed E-state index contributed by atoms with van der Waals surface area (Å²) in [5.41, 5.74) is 2.43. The fraction of sp³-hybridized carbons (Fsp3) is 0.412. The topological polar surface area (TPSA) is 34.4 Å². The Morgan fingerprint density at radius 1 is 1.20 bits per heavy atom. The molecule has 0 saturated heterocycles. The molecule has 0 saturated carbocycles. The molecule has 0 aliphatic rings. The SMILES string of the molecule is CCNC(c1ccc(CC)o1)c1ccc(OC)cc1C. The summed E-state index contributed by atoms with van der Waals surface area (Å²) < 4.78 is 11.2. The van der Waals surface area contributed by atoms with E-state index in [4.69, 9.17) is 9.15 Å². The fourth-order valence-corrected chi connectivity index (χ4v) is 2.41. The van der Waals surface area contributed by atoms with Crippen molar-refractivity contribution in [1.29, 1.82) is 0 Å². The average molecular weight is 273 g/mol. The monoisotopic (exact) mass is 273 g/mol.